The van der Waals surface area contributed by atoms with Gasteiger partial charge >= 0.3 is 0 Å². The highest BCUT2D eigenvalue weighted by atomic mass is 79.9. The molecule has 0 aromatic heterocycles. The molecule has 4 heteroatoms. The van der Waals surface area contributed by atoms with E-state index in [0.29, 0.717) is 17.1 Å². The van der Waals surface area contributed by atoms with E-state index in [9.17, 15) is 4.79 Å². The fourth-order valence-corrected chi connectivity index (χ4v) is 1.55. The molecule has 1 aromatic carbocycles. The number of hydrogen-bond donors (Lipinski definition) is 1. The van der Waals surface area contributed by atoms with Crippen LogP contribution in [0.3, 0.4) is 0 Å². The first kappa shape index (κ1) is 12.5. The van der Waals surface area contributed by atoms with Gasteiger partial charge in [0.25, 0.3) is 5.91 Å². The van der Waals surface area contributed by atoms with Gasteiger partial charge in [0.05, 0.1) is 0 Å². The minimum atomic E-state index is -0.0456. The van der Waals surface area contributed by atoms with Gasteiger partial charge in [-0.1, -0.05) is 27.5 Å². The topological polar surface area (TPSA) is 29.1 Å². The Hall–Kier alpha value is -0.540. The van der Waals surface area contributed by atoms with Crippen molar-refractivity contribution in [1.82, 2.24) is 5.32 Å². The zero-order chi connectivity index (χ0) is 11.3. The number of carbonyl (C=O) groups excluding carboxylic acids is 1. The number of carbonyl (C=O) groups is 1. The summed E-state index contributed by atoms with van der Waals surface area (Å²) in [7, 11) is 0. The van der Waals surface area contributed by atoms with Crippen molar-refractivity contribution in [3.8, 4) is 0 Å². The summed E-state index contributed by atoms with van der Waals surface area (Å²) < 4.78 is 0. The van der Waals surface area contributed by atoms with Crippen LogP contribution in [0.1, 0.15) is 22.3 Å². The molecule has 0 aliphatic carbocycles. The van der Waals surface area contributed by atoms with Gasteiger partial charge in [0.2, 0.25) is 0 Å². The van der Waals surface area contributed by atoms with Crippen LogP contribution in [0.15, 0.2) is 18.2 Å². The van der Waals surface area contributed by atoms with Crippen LogP contribution in [-0.4, -0.2) is 17.8 Å². The second-order valence-corrected chi connectivity index (χ2v) is 4.46. The third-order valence-electron chi connectivity index (χ3n) is 2.02. The maximum Gasteiger partial charge on any atom is 0.251 e. The van der Waals surface area contributed by atoms with E-state index in [-0.39, 0.29) is 5.91 Å². The highest BCUT2D eigenvalue weighted by Gasteiger charge is 2.05. The summed E-state index contributed by atoms with van der Waals surface area (Å²) >= 11 is 9.18. The summed E-state index contributed by atoms with van der Waals surface area (Å²) in [5.74, 6) is -0.0456. The minimum absolute atomic E-state index is 0.0456. The largest absolute Gasteiger partial charge is 0.352 e. The maximum atomic E-state index is 11.6. The van der Waals surface area contributed by atoms with Crippen LogP contribution in [-0.2, 0) is 0 Å². The zero-order valence-electron chi connectivity index (χ0n) is 8.52. The Bertz CT molecular complexity index is 354. The Morgan fingerprint density at radius 3 is 2.87 bits per heavy atom. The van der Waals surface area contributed by atoms with Crippen molar-refractivity contribution in [2.24, 2.45) is 0 Å². The summed E-state index contributed by atoms with van der Waals surface area (Å²) in [4.78, 5) is 11.6. The van der Waals surface area contributed by atoms with Crippen LogP contribution in [0, 0.1) is 6.92 Å². The second kappa shape index (κ2) is 6.13. The fourth-order valence-electron chi connectivity index (χ4n) is 1.16. The van der Waals surface area contributed by atoms with Crippen molar-refractivity contribution in [2.75, 3.05) is 11.9 Å². The van der Waals surface area contributed by atoms with E-state index in [0.717, 1.165) is 17.3 Å². The van der Waals surface area contributed by atoms with Crippen molar-refractivity contribution < 1.29 is 4.79 Å². The average Bonchev–Trinajstić information content (AvgIpc) is 2.22. The lowest BCUT2D eigenvalue weighted by Gasteiger charge is -2.05. The fraction of sp³-hybridized carbons (Fsp3) is 0.364. The van der Waals surface area contributed by atoms with Gasteiger partial charge in [0, 0.05) is 22.5 Å². The molecular formula is C11H13BrClNO. The van der Waals surface area contributed by atoms with E-state index < -0.39 is 0 Å². The van der Waals surface area contributed by atoms with Crippen LogP contribution in [0.4, 0.5) is 0 Å². The number of alkyl halides is 1. The summed E-state index contributed by atoms with van der Waals surface area (Å²) in [5.41, 5.74) is 1.58. The van der Waals surface area contributed by atoms with E-state index in [1.807, 2.05) is 6.92 Å². The molecule has 1 amide bonds. The number of benzene rings is 1. The monoisotopic (exact) mass is 289 g/mol. The van der Waals surface area contributed by atoms with Gasteiger partial charge in [-0.2, -0.15) is 0 Å². The molecule has 0 unspecified atom stereocenters. The normalized spacial score (nSPS) is 10.1. The lowest BCUT2D eigenvalue weighted by molar-refractivity contribution is 0.0954. The van der Waals surface area contributed by atoms with Crippen molar-refractivity contribution in [1.29, 1.82) is 0 Å². The highest BCUT2D eigenvalue weighted by molar-refractivity contribution is 9.09. The van der Waals surface area contributed by atoms with Crippen molar-refractivity contribution in [2.45, 2.75) is 13.3 Å². The summed E-state index contributed by atoms with van der Waals surface area (Å²) in [5, 5.41) is 4.42. The number of halogens is 2. The van der Waals surface area contributed by atoms with E-state index >= 15 is 0 Å². The number of rotatable bonds is 4. The second-order valence-electron chi connectivity index (χ2n) is 3.26. The lowest BCUT2D eigenvalue weighted by atomic mass is 10.1. The van der Waals surface area contributed by atoms with Gasteiger partial charge in [0.15, 0.2) is 0 Å². The van der Waals surface area contributed by atoms with Crippen LogP contribution >= 0.6 is 27.5 Å². The SMILES string of the molecule is Cc1cc(C(=O)NCCCBr)ccc1Cl. The summed E-state index contributed by atoms with van der Waals surface area (Å²) in [6, 6.07) is 5.28. The molecule has 0 heterocycles. The first-order valence-corrected chi connectivity index (χ1v) is 6.25. The first-order valence-electron chi connectivity index (χ1n) is 4.75. The molecule has 0 saturated heterocycles. The third-order valence-corrected chi connectivity index (χ3v) is 3.00. The van der Waals surface area contributed by atoms with Gasteiger partial charge in [0.1, 0.15) is 0 Å². The van der Waals surface area contributed by atoms with E-state index in [1.165, 1.54) is 0 Å². The Morgan fingerprint density at radius 2 is 2.27 bits per heavy atom. The minimum Gasteiger partial charge on any atom is -0.352 e. The van der Waals surface area contributed by atoms with E-state index in [2.05, 4.69) is 21.2 Å². The molecule has 0 aliphatic rings. The number of hydrogen-bond acceptors (Lipinski definition) is 1. The predicted octanol–water partition coefficient (Wildman–Crippen LogP) is 3.16. The number of amides is 1. The molecule has 1 rings (SSSR count). The van der Waals surface area contributed by atoms with Crippen LogP contribution in [0.5, 0.6) is 0 Å². The third kappa shape index (κ3) is 3.84. The van der Waals surface area contributed by atoms with Crippen LogP contribution in [0.2, 0.25) is 5.02 Å². The zero-order valence-corrected chi connectivity index (χ0v) is 10.9. The van der Waals surface area contributed by atoms with Gasteiger partial charge < -0.3 is 5.32 Å². The lowest BCUT2D eigenvalue weighted by Crippen LogP contribution is -2.24. The summed E-state index contributed by atoms with van der Waals surface area (Å²) in [6.45, 7) is 2.57. The molecule has 0 atom stereocenters. The molecule has 0 bridgehead atoms. The molecule has 15 heavy (non-hydrogen) atoms. The van der Waals surface area contributed by atoms with Crippen molar-refractivity contribution >= 4 is 33.4 Å². The summed E-state index contributed by atoms with van der Waals surface area (Å²) in [6.07, 6.45) is 0.929. The Balaban J connectivity index is 2.62. The molecular weight excluding hydrogens is 277 g/mol. The van der Waals surface area contributed by atoms with Crippen LogP contribution < -0.4 is 5.32 Å². The molecule has 1 aromatic rings. The van der Waals surface area contributed by atoms with E-state index in [1.54, 1.807) is 18.2 Å². The number of nitrogens with one attached hydrogen (secondary N) is 1. The molecule has 0 saturated carbocycles. The molecule has 82 valence electrons. The van der Waals surface area contributed by atoms with Crippen molar-refractivity contribution in [3.63, 3.8) is 0 Å². The Kier molecular flexibility index (Phi) is 5.12. The Labute approximate surface area is 103 Å². The van der Waals surface area contributed by atoms with Gasteiger partial charge in [-0.15, -0.1) is 0 Å². The van der Waals surface area contributed by atoms with Crippen LogP contribution in [0.25, 0.3) is 0 Å². The van der Waals surface area contributed by atoms with Crippen molar-refractivity contribution in [3.05, 3.63) is 34.3 Å². The molecule has 0 radical (unpaired) electrons. The Morgan fingerprint density at radius 1 is 1.53 bits per heavy atom. The molecule has 2 nitrogen and oxygen atoms in total. The smallest absolute Gasteiger partial charge is 0.251 e. The average molecular weight is 291 g/mol. The first-order chi connectivity index (χ1) is 7.15. The highest BCUT2D eigenvalue weighted by Crippen LogP contribution is 2.16. The standard InChI is InChI=1S/C11H13BrClNO/c1-8-7-9(3-4-10(8)13)11(15)14-6-2-5-12/h3-4,7H,2,5-6H2,1H3,(H,14,15). The molecule has 0 aliphatic heterocycles. The van der Waals surface area contributed by atoms with Gasteiger partial charge in [-0.25, -0.2) is 0 Å². The van der Waals surface area contributed by atoms with E-state index in [4.69, 9.17) is 11.6 Å². The molecule has 0 fully saturated rings. The van der Waals surface area contributed by atoms with Gasteiger partial charge in [-0.05, 0) is 37.1 Å². The number of aryl methyl sites for hydroxylation is 1. The maximum absolute atomic E-state index is 11.6. The predicted molar refractivity (Wildman–Crippen MR) is 66.9 cm³/mol. The molecule has 1 N–H and O–H groups in total. The molecule has 0 spiro atoms. The quantitative estimate of drug-likeness (QED) is 0.670. The van der Waals surface area contributed by atoms with Gasteiger partial charge in [-0.3, -0.25) is 4.79 Å².